The van der Waals surface area contributed by atoms with E-state index < -0.39 is 10.0 Å². The minimum absolute atomic E-state index is 0.140. The summed E-state index contributed by atoms with van der Waals surface area (Å²) in [6.45, 7) is 9.77. The molecular formula is C22H31ClN6O3S. The summed E-state index contributed by atoms with van der Waals surface area (Å²) in [6, 6.07) is 7.55. The Kier molecular flexibility index (Phi) is 7.28. The maximum atomic E-state index is 13.6. The summed E-state index contributed by atoms with van der Waals surface area (Å²) in [6.07, 6.45) is 1.57. The zero-order valence-corrected chi connectivity index (χ0v) is 20.7. The van der Waals surface area contributed by atoms with E-state index in [1.807, 2.05) is 31.2 Å². The fourth-order valence-corrected chi connectivity index (χ4v) is 6.11. The Bertz CT molecular complexity index is 1090. The fourth-order valence-electron chi connectivity index (χ4n) is 4.34. The van der Waals surface area contributed by atoms with Gasteiger partial charge in [0.2, 0.25) is 5.03 Å². The van der Waals surface area contributed by atoms with Crippen molar-refractivity contribution in [1.29, 1.82) is 0 Å². The van der Waals surface area contributed by atoms with Crippen LogP contribution in [0.1, 0.15) is 24.2 Å². The minimum Gasteiger partial charge on any atom is -0.368 e. The number of para-hydroxylation sites is 1. The number of carbonyl (C=O) groups excluding carboxylic acids is 1. The van der Waals surface area contributed by atoms with Gasteiger partial charge in [-0.05, 0) is 25.6 Å². The van der Waals surface area contributed by atoms with E-state index in [0.717, 1.165) is 25.3 Å². The summed E-state index contributed by atoms with van der Waals surface area (Å²) in [7, 11) is -3.91. The first-order valence-corrected chi connectivity index (χ1v) is 13.3. The smallest absolute Gasteiger partial charge is 0.263 e. The van der Waals surface area contributed by atoms with E-state index in [4.69, 9.17) is 11.6 Å². The first-order valence-electron chi connectivity index (χ1n) is 11.4. The molecule has 4 rings (SSSR count). The molecule has 1 amide bonds. The number of nitrogens with zero attached hydrogens (tertiary/aromatic N) is 6. The van der Waals surface area contributed by atoms with Crippen molar-refractivity contribution in [2.24, 2.45) is 0 Å². The van der Waals surface area contributed by atoms with Crippen molar-refractivity contribution in [2.45, 2.75) is 25.4 Å². The summed E-state index contributed by atoms with van der Waals surface area (Å²) in [5.74, 6) is -0.265. The Morgan fingerprint density at radius 1 is 0.970 bits per heavy atom. The van der Waals surface area contributed by atoms with Crippen molar-refractivity contribution in [3.8, 4) is 0 Å². The van der Waals surface area contributed by atoms with Crippen LogP contribution in [0.3, 0.4) is 0 Å². The molecule has 2 aliphatic heterocycles. The molecule has 0 saturated carbocycles. The highest BCUT2D eigenvalue weighted by Gasteiger charge is 2.36. The van der Waals surface area contributed by atoms with Gasteiger partial charge < -0.3 is 14.7 Å². The average Bonchev–Trinajstić information content (AvgIpc) is 3.30. The number of benzene rings is 1. The van der Waals surface area contributed by atoms with Crippen LogP contribution in [0.2, 0.25) is 5.02 Å². The third-order valence-electron chi connectivity index (χ3n) is 6.40. The zero-order chi connectivity index (χ0) is 23.6. The Hall–Kier alpha value is -2.14. The molecule has 2 saturated heterocycles. The highest BCUT2D eigenvalue weighted by molar-refractivity contribution is 7.89. The SMILES string of the molecule is CCN1CCN(C(=O)c2cn(CC)nc2S(=O)(=O)N2CCN(c3ccccc3Cl)CC2)CC1. The van der Waals surface area contributed by atoms with Gasteiger partial charge in [-0.25, -0.2) is 8.42 Å². The van der Waals surface area contributed by atoms with Gasteiger partial charge in [-0.15, -0.1) is 0 Å². The van der Waals surface area contributed by atoms with Crippen LogP contribution in [0.5, 0.6) is 0 Å². The molecule has 0 atom stereocenters. The number of aryl methyl sites for hydroxylation is 1. The number of likely N-dealkylation sites (N-methyl/N-ethyl adjacent to an activating group) is 1. The zero-order valence-electron chi connectivity index (χ0n) is 19.2. The number of hydrogen-bond acceptors (Lipinski definition) is 6. The van der Waals surface area contributed by atoms with E-state index >= 15 is 0 Å². The number of sulfonamides is 1. The monoisotopic (exact) mass is 494 g/mol. The second-order valence-electron chi connectivity index (χ2n) is 8.27. The predicted molar refractivity (Wildman–Crippen MR) is 128 cm³/mol. The molecule has 180 valence electrons. The summed E-state index contributed by atoms with van der Waals surface area (Å²) in [4.78, 5) is 19.4. The van der Waals surface area contributed by atoms with Crippen molar-refractivity contribution in [2.75, 3.05) is 63.8 Å². The molecule has 0 aliphatic carbocycles. The van der Waals surface area contributed by atoms with Crippen LogP contribution in [-0.2, 0) is 16.6 Å². The topological polar surface area (TPSA) is 82.0 Å². The second-order valence-corrected chi connectivity index (χ2v) is 10.5. The number of halogens is 1. The van der Waals surface area contributed by atoms with E-state index in [1.54, 1.807) is 11.1 Å². The number of piperazine rings is 2. The van der Waals surface area contributed by atoms with Gasteiger partial charge in [0.25, 0.3) is 15.9 Å². The van der Waals surface area contributed by atoms with E-state index in [1.165, 1.54) is 8.99 Å². The van der Waals surface area contributed by atoms with E-state index in [9.17, 15) is 13.2 Å². The molecule has 0 bridgehead atoms. The molecule has 9 nitrogen and oxygen atoms in total. The van der Waals surface area contributed by atoms with Gasteiger partial charge in [0.05, 0.1) is 16.3 Å². The van der Waals surface area contributed by atoms with Gasteiger partial charge >= 0.3 is 0 Å². The molecule has 0 spiro atoms. The summed E-state index contributed by atoms with van der Waals surface area (Å²) >= 11 is 6.31. The van der Waals surface area contributed by atoms with Crippen LogP contribution in [0, 0.1) is 0 Å². The Morgan fingerprint density at radius 3 is 2.24 bits per heavy atom. The predicted octanol–water partition coefficient (Wildman–Crippen LogP) is 1.85. The van der Waals surface area contributed by atoms with Crippen molar-refractivity contribution >= 4 is 33.2 Å². The molecule has 33 heavy (non-hydrogen) atoms. The van der Waals surface area contributed by atoms with Crippen LogP contribution < -0.4 is 4.90 Å². The largest absolute Gasteiger partial charge is 0.368 e. The van der Waals surface area contributed by atoms with Gasteiger partial charge in [0, 0.05) is 65.1 Å². The quantitative estimate of drug-likeness (QED) is 0.609. The fraction of sp³-hybridized carbons (Fsp3) is 0.545. The van der Waals surface area contributed by atoms with Crippen molar-refractivity contribution in [3.63, 3.8) is 0 Å². The number of amides is 1. The van der Waals surface area contributed by atoms with Crippen molar-refractivity contribution in [3.05, 3.63) is 41.0 Å². The second kappa shape index (κ2) is 10.0. The molecule has 0 N–H and O–H groups in total. The number of aromatic nitrogens is 2. The number of carbonyl (C=O) groups is 1. The average molecular weight is 495 g/mol. The maximum absolute atomic E-state index is 13.6. The van der Waals surface area contributed by atoms with E-state index in [0.29, 0.717) is 50.8 Å². The van der Waals surface area contributed by atoms with Crippen LogP contribution in [0.4, 0.5) is 5.69 Å². The van der Waals surface area contributed by atoms with Gasteiger partial charge in [0.1, 0.15) is 0 Å². The molecule has 2 fully saturated rings. The molecule has 11 heteroatoms. The summed E-state index contributed by atoms with van der Waals surface area (Å²) in [5.41, 5.74) is 1.06. The Morgan fingerprint density at radius 2 is 1.64 bits per heavy atom. The van der Waals surface area contributed by atoms with Gasteiger partial charge in [-0.1, -0.05) is 30.7 Å². The third-order valence-corrected chi connectivity index (χ3v) is 8.56. The van der Waals surface area contributed by atoms with E-state index in [-0.39, 0.29) is 16.5 Å². The molecule has 1 aromatic carbocycles. The Labute approximate surface area is 200 Å². The highest BCUT2D eigenvalue weighted by Crippen LogP contribution is 2.28. The first kappa shape index (κ1) is 24.0. The van der Waals surface area contributed by atoms with Crippen LogP contribution >= 0.6 is 11.6 Å². The molecule has 0 unspecified atom stereocenters. The minimum atomic E-state index is -3.91. The van der Waals surface area contributed by atoms with Crippen LogP contribution in [0.25, 0.3) is 0 Å². The number of hydrogen-bond donors (Lipinski definition) is 0. The maximum Gasteiger partial charge on any atom is 0.263 e. The first-order chi connectivity index (χ1) is 15.8. The molecule has 0 radical (unpaired) electrons. The van der Waals surface area contributed by atoms with Gasteiger partial charge in [-0.2, -0.15) is 9.40 Å². The van der Waals surface area contributed by atoms with Crippen molar-refractivity contribution in [1.82, 2.24) is 23.9 Å². The lowest BCUT2D eigenvalue weighted by Crippen LogP contribution is -2.50. The lowest BCUT2D eigenvalue weighted by atomic mass is 10.2. The van der Waals surface area contributed by atoms with Crippen LogP contribution in [0.15, 0.2) is 35.5 Å². The number of rotatable bonds is 6. The molecule has 2 aliphatic rings. The van der Waals surface area contributed by atoms with Gasteiger partial charge in [0.15, 0.2) is 0 Å². The molecular weight excluding hydrogens is 464 g/mol. The molecule has 1 aromatic heterocycles. The molecule has 2 aromatic rings. The number of anilines is 1. The lowest BCUT2D eigenvalue weighted by Gasteiger charge is -2.36. The Balaban J connectivity index is 1.53. The standard InChI is InChI=1S/C22H31ClN6O3S/c1-3-25-9-11-27(12-10-25)22(30)18-17-28(4-2)24-21(18)33(31,32)29-15-13-26(14-16-29)20-8-6-5-7-19(20)23/h5-8,17H,3-4,9-16H2,1-2H3. The summed E-state index contributed by atoms with van der Waals surface area (Å²) < 4.78 is 30.1. The lowest BCUT2D eigenvalue weighted by molar-refractivity contribution is 0.0639. The normalized spacial score (nSPS) is 18.6. The summed E-state index contributed by atoms with van der Waals surface area (Å²) in [5, 5.41) is 4.81. The van der Waals surface area contributed by atoms with Gasteiger partial charge in [-0.3, -0.25) is 9.48 Å². The molecule has 3 heterocycles. The third kappa shape index (κ3) is 4.89. The van der Waals surface area contributed by atoms with Crippen molar-refractivity contribution < 1.29 is 13.2 Å². The van der Waals surface area contributed by atoms with E-state index in [2.05, 4.69) is 21.8 Å². The highest BCUT2D eigenvalue weighted by atomic mass is 35.5. The van der Waals surface area contributed by atoms with Crippen LogP contribution in [-0.4, -0.2) is 97.1 Å².